The van der Waals surface area contributed by atoms with Crippen LogP contribution in [0, 0.1) is 12.7 Å². The number of aromatic nitrogens is 4. The molecule has 9 heteroatoms. The normalized spacial score (nSPS) is 16.8. The van der Waals surface area contributed by atoms with Gasteiger partial charge >= 0.3 is 5.97 Å². The van der Waals surface area contributed by atoms with E-state index in [0.29, 0.717) is 11.6 Å². The molecule has 0 bridgehead atoms. The van der Waals surface area contributed by atoms with Crippen LogP contribution in [0.1, 0.15) is 84.7 Å². The molecule has 2 N–H and O–H groups in total. The zero-order valence-electron chi connectivity index (χ0n) is 25.5. The third kappa shape index (κ3) is 5.10. The number of rotatable bonds is 7. The Labute approximate surface area is 260 Å². The topological polar surface area (TPSA) is 102 Å². The second-order valence-electron chi connectivity index (χ2n) is 12.5. The number of halogens is 1. The number of pyridine rings is 1. The van der Waals surface area contributed by atoms with Gasteiger partial charge in [-0.2, -0.15) is 0 Å². The first-order chi connectivity index (χ1) is 21.7. The Kier molecular flexibility index (Phi) is 7.26. The van der Waals surface area contributed by atoms with Crippen molar-refractivity contribution in [3.63, 3.8) is 0 Å². The highest BCUT2D eigenvalue weighted by Gasteiger charge is 2.44. The predicted octanol–water partition coefficient (Wildman–Crippen LogP) is 7.45. The molecule has 2 aromatic carbocycles. The molecule has 230 valence electrons. The third-order valence-electron chi connectivity index (χ3n) is 9.74. The fraction of sp³-hybridized carbons (Fsp3) is 0.333. The molecule has 2 aliphatic carbocycles. The molecule has 0 atom stereocenters. The average molecular weight is 606 g/mol. The molecule has 7 rings (SSSR count). The predicted molar refractivity (Wildman–Crippen MR) is 172 cm³/mol. The van der Waals surface area contributed by atoms with Crippen molar-refractivity contribution in [2.45, 2.75) is 69.9 Å². The van der Waals surface area contributed by atoms with Gasteiger partial charge in [-0.1, -0.05) is 25.3 Å². The van der Waals surface area contributed by atoms with E-state index in [4.69, 9.17) is 10.1 Å². The van der Waals surface area contributed by atoms with Crippen molar-refractivity contribution < 1.29 is 19.1 Å². The molecule has 0 radical (unpaired) electrons. The van der Waals surface area contributed by atoms with Crippen molar-refractivity contribution >= 4 is 39.9 Å². The number of amides is 1. The van der Waals surface area contributed by atoms with Gasteiger partial charge < -0.3 is 19.6 Å². The number of hydrogen-bond donors (Lipinski definition) is 2. The van der Waals surface area contributed by atoms with Crippen LogP contribution in [0.2, 0.25) is 0 Å². The maximum absolute atomic E-state index is 13.9. The summed E-state index contributed by atoms with van der Waals surface area (Å²) in [6.45, 7) is 2.07. The highest BCUT2D eigenvalue weighted by molar-refractivity contribution is 6.01. The summed E-state index contributed by atoms with van der Waals surface area (Å²) in [6.07, 6.45) is 12.2. The van der Waals surface area contributed by atoms with Gasteiger partial charge in [0.1, 0.15) is 11.6 Å². The Morgan fingerprint density at radius 3 is 2.51 bits per heavy atom. The lowest BCUT2D eigenvalue weighted by atomic mass is 9.75. The van der Waals surface area contributed by atoms with Crippen LogP contribution in [0.3, 0.4) is 0 Å². The minimum absolute atomic E-state index is 0.153. The second-order valence-corrected chi connectivity index (χ2v) is 12.5. The van der Waals surface area contributed by atoms with Crippen LogP contribution in [0.5, 0.6) is 0 Å². The molecule has 3 aromatic heterocycles. The number of nitrogens with one attached hydrogen (secondary N) is 1. The molecular weight excluding hydrogens is 569 g/mol. The molecule has 0 unspecified atom stereocenters. The largest absolute Gasteiger partial charge is 0.478 e. The summed E-state index contributed by atoms with van der Waals surface area (Å²) >= 11 is 0. The van der Waals surface area contributed by atoms with Gasteiger partial charge in [0, 0.05) is 35.6 Å². The lowest BCUT2D eigenvalue weighted by Crippen LogP contribution is -2.52. The van der Waals surface area contributed by atoms with Crippen LogP contribution in [0.4, 0.5) is 4.39 Å². The van der Waals surface area contributed by atoms with Crippen molar-refractivity contribution in [1.29, 1.82) is 0 Å². The van der Waals surface area contributed by atoms with E-state index in [-0.39, 0.29) is 11.7 Å². The molecule has 1 amide bonds. The van der Waals surface area contributed by atoms with E-state index in [1.807, 2.05) is 48.0 Å². The van der Waals surface area contributed by atoms with E-state index >= 15 is 0 Å². The molecule has 2 saturated carbocycles. The number of carbonyl (C=O) groups excluding carboxylic acids is 1. The van der Waals surface area contributed by atoms with Gasteiger partial charge in [-0.25, -0.2) is 14.2 Å². The van der Waals surface area contributed by atoms with Crippen molar-refractivity contribution in [3.8, 4) is 11.4 Å². The summed E-state index contributed by atoms with van der Waals surface area (Å²) < 4.78 is 18.2. The van der Waals surface area contributed by atoms with Crippen LogP contribution >= 0.6 is 0 Å². The standard InChI is InChI=1S/C36H36FN5O3/c1-22-27-20-24(11-15-30(27)42(26-7-4-3-5-8-26)33(22)29-14-12-25(37)21-38-29)34(45)40-36(17-6-18-36)35-39-28-13-9-23(10-16-32(43)44)19-31(28)41(35)2/h9-16,19-21,26H,3-8,17-18H2,1-2H3,(H,40,45)(H,43,44)/b16-10+. The van der Waals surface area contributed by atoms with E-state index in [1.54, 1.807) is 12.1 Å². The number of hydrogen-bond acceptors (Lipinski definition) is 4. The molecule has 3 heterocycles. The monoisotopic (exact) mass is 605 g/mol. The minimum atomic E-state index is -1.00. The quantitative estimate of drug-likeness (QED) is 0.188. The molecule has 0 aliphatic heterocycles. The number of carboxylic acid groups (broad SMARTS) is 1. The lowest BCUT2D eigenvalue weighted by molar-refractivity contribution is -0.131. The number of carbonyl (C=O) groups is 2. The molecule has 5 aromatic rings. The molecular formula is C36H36FN5O3. The van der Waals surface area contributed by atoms with E-state index in [0.717, 1.165) is 88.5 Å². The number of nitrogens with zero attached hydrogens (tertiary/aromatic N) is 4. The van der Waals surface area contributed by atoms with Gasteiger partial charge in [-0.3, -0.25) is 9.78 Å². The lowest BCUT2D eigenvalue weighted by Gasteiger charge is -2.41. The Morgan fingerprint density at radius 1 is 1.02 bits per heavy atom. The van der Waals surface area contributed by atoms with Crippen molar-refractivity contribution in [1.82, 2.24) is 24.4 Å². The Bertz CT molecular complexity index is 1980. The maximum atomic E-state index is 13.9. The van der Waals surface area contributed by atoms with Gasteiger partial charge in [-0.15, -0.1) is 0 Å². The number of aliphatic carboxylic acids is 1. The third-order valence-corrected chi connectivity index (χ3v) is 9.74. The number of carboxylic acids is 1. The summed E-state index contributed by atoms with van der Waals surface area (Å²) in [7, 11) is 1.94. The second kappa shape index (κ2) is 11.3. The van der Waals surface area contributed by atoms with E-state index < -0.39 is 11.5 Å². The maximum Gasteiger partial charge on any atom is 0.328 e. The first-order valence-electron chi connectivity index (χ1n) is 15.7. The Morgan fingerprint density at radius 2 is 1.82 bits per heavy atom. The van der Waals surface area contributed by atoms with E-state index in [2.05, 4.69) is 21.8 Å². The fourth-order valence-electron chi connectivity index (χ4n) is 7.30. The molecule has 0 spiro atoms. The number of aryl methyl sites for hydroxylation is 2. The molecule has 0 saturated heterocycles. The minimum Gasteiger partial charge on any atom is -0.478 e. The Hall–Kier alpha value is -4.79. The Balaban J connectivity index is 1.24. The van der Waals surface area contributed by atoms with Gasteiger partial charge in [-0.05, 0) is 98.7 Å². The zero-order valence-corrected chi connectivity index (χ0v) is 25.5. The average Bonchev–Trinajstić information content (AvgIpc) is 3.51. The number of fused-ring (bicyclic) bond motifs is 2. The zero-order chi connectivity index (χ0) is 31.3. The summed E-state index contributed by atoms with van der Waals surface area (Å²) in [4.78, 5) is 34.3. The highest BCUT2D eigenvalue weighted by atomic mass is 19.1. The summed E-state index contributed by atoms with van der Waals surface area (Å²) in [5.74, 6) is -0.724. The van der Waals surface area contributed by atoms with Gasteiger partial charge in [0.2, 0.25) is 0 Å². The van der Waals surface area contributed by atoms with Gasteiger partial charge in [0.25, 0.3) is 5.91 Å². The molecule has 45 heavy (non-hydrogen) atoms. The number of imidazole rings is 1. The molecule has 8 nitrogen and oxygen atoms in total. The van der Waals surface area contributed by atoms with Crippen LogP contribution in [0.25, 0.3) is 39.4 Å². The molecule has 2 aliphatic rings. The van der Waals surface area contributed by atoms with Crippen LogP contribution in [-0.2, 0) is 17.4 Å². The number of benzene rings is 2. The first-order valence-corrected chi connectivity index (χ1v) is 15.7. The highest BCUT2D eigenvalue weighted by Crippen LogP contribution is 2.43. The van der Waals surface area contributed by atoms with Crippen LogP contribution < -0.4 is 5.32 Å². The van der Waals surface area contributed by atoms with Gasteiger partial charge in [0.05, 0.1) is 34.2 Å². The van der Waals surface area contributed by atoms with Crippen LogP contribution in [-0.4, -0.2) is 36.1 Å². The fourth-order valence-corrected chi connectivity index (χ4v) is 7.30. The van der Waals surface area contributed by atoms with Crippen LogP contribution in [0.15, 0.2) is 60.8 Å². The first kappa shape index (κ1) is 29.0. The summed E-state index contributed by atoms with van der Waals surface area (Å²) in [5.41, 5.74) is 6.25. The summed E-state index contributed by atoms with van der Waals surface area (Å²) in [5, 5.41) is 13.4. The van der Waals surface area contributed by atoms with E-state index in [9.17, 15) is 14.0 Å². The van der Waals surface area contributed by atoms with Crippen molar-refractivity contribution in [2.75, 3.05) is 0 Å². The smallest absolute Gasteiger partial charge is 0.328 e. The SMILES string of the molecule is Cc1c(-c2ccc(F)cn2)n(C2CCCCC2)c2ccc(C(=O)NC3(c4nc5ccc(/C=C/C(=O)O)cc5n4C)CCC3)cc12. The van der Waals surface area contributed by atoms with E-state index in [1.165, 1.54) is 31.5 Å². The summed E-state index contributed by atoms with van der Waals surface area (Å²) in [6, 6.07) is 15.1. The molecule has 2 fully saturated rings. The van der Waals surface area contributed by atoms with Gasteiger partial charge in [0.15, 0.2) is 0 Å². The van der Waals surface area contributed by atoms with Crippen molar-refractivity contribution in [2.24, 2.45) is 7.05 Å². The van der Waals surface area contributed by atoms with Crippen molar-refractivity contribution in [3.05, 3.63) is 89.1 Å².